The van der Waals surface area contributed by atoms with Gasteiger partial charge in [-0.25, -0.2) is 0 Å². The van der Waals surface area contributed by atoms with Crippen molar-refractivity contribution < 1.29 is 9.59 Å². The molecule has 2 amide bonds. The number of allylic oxidation sites excluding steroid dienone is 1. The van der Waals surface area contributed by atoms with Gasteiger partial charge in [-0.05, 0) is 90.9 Å². The molecule has 5 aliphatic rings. The number of piperazine rings is 1. The quantitative estimate of drug-likeness (QED) is 0.514. The van der Waals surface area contributed by atoms with Gasteiger partial charge in [0.1, 0.15) is 0 Å². The number of piperidine rings is 1. The van der Waals surface area contributed by atoms with E-state index in [4.69, 9.17) is 11.6 Å². The highest BCUT2D eigenvalue weighted by molar-refractivity contribution is 6.30. The number of nitrogens with one attached hydrogen (secondary N) is 1. The maximum absolute atomic E-state index is 14.0. The molecule has 3 saturated heterocycles. The molecular weight excluding hydrogens is 532 g/mol. The minimum atomic E-state index is 0.185. The molecule has 0 spiro atoms. The highest BCUT2D eigenvalue weighted by Gasteiger charge is 2.46. The summed E-state index contributed by atoms with van der Waals surface area (Å²) in [5.74, 6) is 0.430. The first-order valence-electron chi connectivity index (χ1n) is 15.4. The first kappa shape index (κ1) is 27.2. The summed E-state index contributed by atoms with van der Waals surface area (Å²) >= 11 is 6.18. The molecule has 0 aromatic heterocycles. The van der Waals surface area contributed by atoms with Gasteiger partial charge in [0, 0.05) is 67.0 Å². The molecule has 7 rings (SSSR count). The molecule has 6 nitrogen and oxygen atoms in total. The fraction of sp³-hybridized carbons (Fsp3) is 0.529. The Labute approximate surface area is 248 Å². The fourth-order valence-electron chi connectivity index (χ4n) is 7.94. The van der Waals surface area contributed by atoms with E-state index in [1.54, 1.807) is 0 Å². The zero-order valence-corrected chi connectivity index (χ0v) is 25.1. The molecule has 0 saturated carbocycles. The third-order valence-electron chi connectivity index (χ3n) is 10.2. The maximum Gasteiger partial charge on any atom is 0.254 e. The lowest BCUT2D eigenvalue weighted by atomic mass is 9.72. The third-order valence-corrected chi connectivity index (χ3v) is 10.5. The van der Waals surface area contributed by atoms with Gasteiger partial charge in [-0.2, -0.15) is 0 Å². The summed E-state index contributed by atoms with van der Waals surface area (Å²) in [7, 11) is 0. The summed E-state index contributed by atoms with van der Waals surface area (Å²) < 4.78 is 0. The van der Waals surface area contributed by atoms with Crippen molar-refractivity contribution in [3.8, 4) is 0 Å². The normalized spacial score (nSPS) is 27.6. The van der Waals surface area contributed by atoms with Crippen LogP contribution in [0.15, 0.2) is 48.0 Å². The molecule has 41 heavy (non-hydrogen) atoms. The molecule has 2 aromatic rings. The van der Waals surface area contributed by atoms with Gasteiger partial charge in [-0.1, -0.05) is 49.7 Å². The number of rotatable bonds is 5. The van der Waals surface area contributed by atoms with Crippen molar-refractivity contribution in [2.45, 2.75) is 83.6 Å². The SMILES string of the molecule is CC1(C)CCC(C(=O)N2C[C@@H]3C[C@H]2CN3Cc2ccc3c(c2)CN(C2CCCNC2)C3=O)=C(c2ccc(Cl)cc2)C1. The van der Waals surface area contributed by atoms with E-state index in [2.05, 4.69) is 58.1 Å². The van der Waals surface area contributed by atoms with Gasteiger partial charge in [0.15, 0.2) is 0 Å². The molecule has 1 aliphatic carbocycles. The number of amides is 2. The molecule has 7 heteroatoms. The van der Waals surface area contributed by atoms with Crippen LogP contribution >= 0.6 is 11.6 Å². The second-order valence-electron chi connectivity index (χ2n) is 13.7. The van der Waals surface area contributed by atoms with Gasteiger partial charge in [-0.3, -0.25) is 14.5 Å². The summed E-state index contributed by atoms with van der Waals surface area (Å²) in [6.45, 7) is 9.88. The Balaban J connectivity index is 1.03. The van der Waals surface area contributed by atoms with Gasteiger partial charge in [0.05, 0.1) is 0 Å². The van der Waals surface area contributed by atoms with E-state index in [1.165, 1.54) is 16.7 Å². The summed E-state index contributed by atoms with van der Waals surface area (Å²) in [4.78, 5) is 33.9. The standard InChI is InChI=1S/C34H41ClN4O2/c1-34(2)12-11-30(31(16-34)23-6-8-25(35)9-7-23)33(41)39-21-27-15-28(39)20-37(27)18-22-5-10-29-24(14-22)19-38(32(29)40)26-4-3-13-36-17-26/h5-10,14,26-28,36H,3-4,11-13,15-21H2,1-2H3/t26?,27-,28-/m0/s1. The largest absolute Gasteiger partial charge is 0.333 e. The highest BCUT2D eigenvalue weighted by atomic mass is 35.5. The van der Waals surface area contributed by atoms with Crippen LogP contribution in [0, 0.1) is 5.41 Å². The first-order chi connectivity index (χ1) is 19.8. The van der Waals surface area contributed by atoms with Gasteiger partial charge in [0.2, 0.25) is 5.91 Å². The smallest absolute Gasteiger partial charge is 0.254 e. The Morgan fingerprint density at radius 2 is 1.90 bits per heavy atom. The molecule has 3 atom stereocenters. The number of hydrogen-bond acceptors (Lipinski definition) is 4. The van der Waals surface area contributed by atoms with E-state index in [0.717, 1.165) is 99.5 Å². The van der Waals surface area contributed by atoms with Crippen LogP contribution in [0.1, 0.15) is 79.4 Å². The van der Waals surface area contributed by atoms with Crippen LogP contribution in [-0.4, -0.2) is 70.8 Å². The van der Waals surface area contributed by atoms with Crippen molar-refractivity contribution in [1.29, 1.82) is 0 Å². The topological polar surface area (TPSA) is 55.9 Å². The molecule has 2 aromatic carbocycles. The first-order valence-corrected chi connectivity index (χ1v) is 15.8. The highest BCUT2D eigenvalue weighted by Crippen LogP contribution is 2.45. The number of nitrogens with zero attached hydrogens (tertiary/aromatic N) is 3. The predicted molar refractivity (Wildman–Crippen MR) is 163 cm³/mol. The third kappa shape index (κ3) is 5.13. The van der Waals surface area contributed by atoms with Gasteiger partial charge in [-0.15, -0.1) is 0 Å². The zero-order valence-electron chi connectivity index (χ0n) is 24.3. The summed E-state index contributed by atoms with van der Waals surface area (Å²) in [6.07, 6.45) is 6.05. The molecule has 0 radical (unpaired) electrons. The zero-order chi connectivity index (χ0) is 28.3. The van der Waals surface area contributed by atoms with E-state index >= 15 is 0 Å². The lowest BCUT2D eigenvalue weighted by molar-refractivity contribution is -0.129. The molecule has 1 N–H and O–H groups in total. The van der Waals surface area contributed by atoms with Crippen molar-refractivity contribution >= 4 is 29.0 Å². The van der Waals surface area contributed by atoms with E-state index < -0.39 is 0 Å². The van der Waals surface area contributed by atoms with Crippen LogP contribution in [-0.2, 0) is 17.9 Å². The average molecular weight is 573 g/mol. The Morgan fingerprint density at radius 1 is 1.07 bits per heavy atom. The van der Waals surface area contributed by atoms with Crippen LogP contribution in [0.2, 0.25) is 5.02 Å². The predicted octanol–water partition coefficient (Wildman–Crippen LogP) is 5.50. The number of carbonyl (C=O) groups is 2. The lowest BCUT2D eigenvalue weighted by Crippen LogP contribution is -2.49. The van der Waals surface area contributed by atoms with Crippen LogP contribution < -0.4 is 5.32 Å². The summed E-state index contributed by atoms with van der Waals surface area (Å²) in [5, 5.41) is 4.17. The van der Waals surface area contributed by atoms with Crippen LogP contribution in [0.5, 0.6) is 0 Å². The number of carbonyl (C=O) groups excluding carboxylic acids is 2. The van der Waals surface area contributed by atoms with E-state index in [0.29, 0.717) is 12.1 Å². The fourth-order valence-corrected chi connectivity index (χ4v) is 8.07. The van der Waals surface area contributed by atoms with Gasteiger partial charge in [0.25, 0.3) is 5.91 Å². The molecule has 216 valence electrons. The average Bonchev–Trinajstić information content (AvgIpc) is 3.66. The Bertz CT molecular complexity index is 1390. The molecule has 2 bridgehead atoms. The minimum Gasteiger partial charge on any atom is -0.333 e. The van der Waals surface area contributed by atoms with E-state index in [1.807, 2.05) is 18.2 Å². The Kier molecular flexibility index (Phi) is 7.00. The molecular formula is C34H41ClN4O2. The minimum absolute atomic E-state index is 0.185. The van der Waals surface area contributed by atoms with Gasteiger partial charge >= 0.3 is 0 Å². The summed E-state index contributed by atoms with van der Waals surface area (Å²) in [5.41, 5.74) is 6.84. The van der Waals surface area contributed by atoms with Crippen molar-refractivity contribution in [1.82, 2.24) is 20.0 Å². The number of likely N-dealkylation sites (tertiary alicyclic amines) is 2. The number of benzene rings is 2. The maximum atomic E-state index is 14.0. The monoisotopic (exact) mass is 572 g/mol. The van der Waals surface area contributed by atoms with Crippen molar-refractivity contribution in [3.05, 3.63) is 75.3 Å². The molecule has 1 unspecified atom stereocenters. The Hall–Kier alpha value is -2.67. The lowest BCUT2D eigenvalue weighted by Gasteiger charge is -2.38. The van der Waals surface area contributed by atoms with Crippen LogP contribution in [0.4, 0.5) is 0 Å². The Morgan fingerprint density at radius 3 is 2.63 bits per heavy atom. The van der Waals surface area contributed by atoms with Crippen molar-refractivity contribution in [2.24, 2.45) is 5.41 Å². The molecule has 3 fully saturated rings. The molecule has 4 aliphatic heterocycles. The van der Waals surface area contributed by atoms with Crippen molar-refractivity contribution in [2.75, 3.05) is 26.2 Å². The van der Waals surface area contributed by atoms with Crippen LogP contribution in [0.3, 0.4) is 0 Å². The van der Waals surface area contributed by atoms with Crippen LogP contribution in [0.25, 0.3) is 5.57 Å². The summed E-state index contributed by atoms with van der Waals surface area (Å²) in [6, 6.07) is 15.4. The number of fused-ring (bicyclic) bond motifs is 3. The number of hydrogen-bond donors (Lipinski definition) is 1. The van der Waals surface area contributed by atoms with Crippen molar-refractivity contribution in [3.63, 3.8) is 0 Å². The molecule has 4 heterocycles. The van der Waals surface area contributed by atoms with Gasteiger partial charge < -0.3 is 15.1 Å². The van der Waals surface area contributed by atoms with E-state index in [9.17, 15) is 9.59 Å². The van der Waals surface area contributed by atoms with E-state index in [-0.39, 0.29) is 23.3 Å². The number of halogens is 1. The second kappa shape index (κ2) is 10.6. The second-order valence-corrected chi connectivity index (χ2v) is 14.1.